The number of aliphatic hydroxyl groups excluding tert-OH is 2. The zero-order valence-electron chi connectivity index (χ0n) is 11.3. The third kappa shape index (κ3) is 3.23. The lowest BCUT2D eigenvalue weighted by molar-refractivity contribution is -0.00244. The molecule has 1 saturated heterocycles. The normalized spacial score (nSPS) is 27.0. The zero-order chi connectivity index (χ0) is 12.9. The van der Waals surface area contributed by atoms with Crippen molar-refractivity contribution in [3.05, 3.63) is 0 Å². The molecule has 1 aliphatic carbocycles. The van der Waals surface area contributed by atoms with Crippen LogP contribution in [0.1, 0.15) is 44.9 Å². The monoisotopic (exact) mass is 257 g/mol. The Bertz CT molecular complexity index is 219. The van der Waals surface area contributed by atoms with Crippen molar-refractivity contribution in [1.29, 1.82) is 0 Å². The first-order valence-electron chi connectivity index (χ1n) is 7.29. The fourth-order valence-corrected chi connectivity index (χ4v) is 3.22. The second kappa shape index (κ2) is 6.33. The fraction of sp³-hybridized carbons (Fsp3) is 1.00. The molecule has 2 aliphatic rings. The first kappa shape index (κ1) is 14.3. The molecule has 1 heterocycles. The Kier molecular flexibility index (Phi) is 5.01. The molecule has 4 heteroatoms. The summed E-state index contributed by atoms with van der Waals surface area (Å²) in [5.41, 5.74) is -0.142. The van der Waals surface area contributed by atoms with Crippen LogP contribution in [0.3, 0.4) is 0 Å². The maximum atomic E-state index is 9.70. The topological polar surface area (TPSA) is 61.7 Å². The van der Waals surface area contributed by atoms with Gasteiger partial charge in [-0.3, -0.25) is 0 Å². The molecule has 0 atom stereocenters. The number of ether oxygens (including phenoxy) is 1. The summed E-state index contributed by atoms with van der Waals surface area (Å²) in [7, 11) is 0. The predicted molar refractivity (Wildman–Crippen MR) is 70.5 cm³/mol. The quantitative estimate of drug-likeness (QED) is 0.689. The average Bonchev–Trinajstić information content (AvgIpc) is 2.47. The van der Waals surface area contributed by atoms with E-state index in [1.54, 1.807) is 0 Å². The number of aliphatic hydroxyl groups is 2. The van der Waals surface area contributed by atoms with Gasteiger partial charge in [-0.05, 0) is 25.7 Å². The molecule has 0 bridgehead atoms. The van der Waals surface area contributed by atoms with Crippen molar-refractivity contribution in [2.45, 2.75) is 50.5 Å². The summed E-state index contributed by atoms with van der Waals surface area (Å²) in [6.45, 7) is 2.69. The summed E-state index contributed by atoms with van der Waals surface area (Å²) in [6, 6.07) is 0. The van der Waals surface area contributed by atoms with Gasteiger partial charge < -0.3 is 20.3 Å². The van der Waals surface area contributed by atoms with Crippen LogP contribution in [0, 0.1) is 5.41 Å². The standard InChI is InChI=1S/C14H27NO3/c16-11-13(4-2-1-3-5-13)10-15-14(12-17)6-8-18-9-7-14/h15-17H,1-12H2. The van der Waals surface area contributed by atoms with Gasteiger partial charge in [-0.1, -0.05) is 19.3 Å². The Hall–Kier alpha value is -0.160. The summed E-state index contributed by atoms with van der Waals surface area (Å²) in [5, 5.41) is 22.9. The van der Waals surface area contributed by atoms with E-state index in [0.29, 0.717) is 0 Å². The number of nitrogens with one attached hydrogen (secondary N) is 1. The van der Waals surface area contributed by atoms with Crippen LogP contribution in [0.5, 0.6) is 0 Å². The molecule has 0 unspecified atom stereocenters. The van der Waals surface area contributed by atoms with Gasteiger partial charge in [-0.25, -0.2) is 0 Å². The van der Waals surface area contributed by atoms with Crippen molar-refractivity contribution in [2.24, 2.45) is 5.41 Å². The molecule has 1 saturated carbocycles. The van der Waals surface area contributed by atoms with Crippen molar-refractivity contribution in [3.8, 4) is 0 Å². The molecule has 2 fully saturated rings. The third-order valence-corrected chi connectivity index (χ3v) is 4.84. The summed E-state index contributed by atoms with van der Waals surface area (Å²) >= 11 is 0. The van der Waals surface area contributed by atoms with Crippen LogP contribution in [0.25, 0.3) is 0 Å². The molecular weight excluding hydrogens is 230 g/mol. The number of rotatable bonds is 5. The van der Waals surface area contributed by atoms with Gasteiger partial charge in [0.1, 0.15) is 0 Å². The first-order chi connectivity index (χ1) is 8.74. The van der Waals surface area contributed by atoms with Crippen molar-refractivity contribution in [3.63, 3.8) is 0 Å². The van der Waals surface area contributed by atoms with Crippen LogP contribution in [0.15, 0.2) is 0 Å². The minimum absolute atomic E-state index is 0.0404. The van der Waals surface area contributed by atoms with Gasteiger partial charge in [-0.15, -0.1) is 0 Å². The van der Waals surface area contributed by atoms with Crippen molar-refractivity contribution in [2.75, 3.05) is 33.0 Å². The largest absolute Gasteiger partial charge is 0.396 e. The van der Waals surface area contributed by atoms with E-state index in [1.807, 2.05) is 0 Å². The van der Waals surface area contributed by atoms with Crippen LogP contribution in [0.2, 0.25) is 0 Å². The van der Waals surface area contributed by atoms with Gasteiger partial charge in [0.2, 0.25) is 0 Å². The zero-order valence-corrected chi connectivity index (χ0v) is 11.3. The molecule has 18 heavy (non-hydrogen) atoms. The molecule has 106 valence electrons. The number of hydrogen-bond donors (Lipinski definition) is 3. The molecule has 4 nitrogen and oxygen atoms in total. The Morgan fingerprint density at radius 2 is 1.56 bits per heavy atom. The lowest BCUT2D eigenvalue weighted by atomic mass is 9.74. The Labute approximate surface area is 110 Å². The highest BCUT2D eigenvalue weighted by molar-refractivity contribution is 4.93. The molecule has 1 aliphatic heterocycles. The molecule has 2 rings (SSSR count). The Morgan fingerprint density at radius 1 is 0.889 bits per heavy atom. The lowest BCUT2D eigenvalue weighted by Gasteiger charge is -2.42. The van der Waals surface area contributed by atoms with Crippen molar-refractivity contribution < 1.29 is 14.9 Å². The van der Waals surface area contributed by atoms with Crippen molar-refractivity contribution in [1.82, 2.24) is 5.32 Å². The van der Waals surface area contributed by atoms with Crippen LogP contribution in [-0.4, -0.2) is 48.7 Å². The van der Waals surface area contributed by atoms with Crippen LogP contribution < -0.4 is 5.32 Å². The van der Waals surface area contributed by atoms with E-state index in [4.69, 9.17) is 4.74 Å². The van der Waals surface area contributed by atoms with E-state index in [-0.39, 0.29) is 24.2 Å². The Morgan fingerprint density at radius 3 is 2.11 bits per heavy atom. The highest BCUT2D eigenvalue weighted by Gasteiger charge is 2.37. The second-order valence-electron chi connectivity index (χ2n) is 6.12. The van der Waals surface area contributed by atoms with Crippen LogP contribution >= 0.6 is 0 Å². The van der Waals surface area contributed by atoms with E-state index >= 15 is 0 Å². The Balaban J connectivity index is 1.91. The van der Waals surface area contributed by atoms with Crippen LogP contribution in [-0.2, 0) is 4.74 Å². The van der Waals surface area contributed by atoms with E-state index in [1.165, 1.54) is 19.3 Å². The molecule has 0 aromatic heterocycles. The van der Waals surface area contributed by atoms with E-state index in [2.05, 4.69) is 5.32 Å². The molecule has 0 spiro atoms. The highest BCUT2D eigenvalue weighted by atomic mass is 16.5. The average molecular weight is 257 g/mol. The van der Waals surface area contributed by atoms with E-state index in [0.717, 1.165) is 45.4 Å². The third-order valence-electron chi connectivity index (χ3n) is 4.84. The minimum atomic E-state index is -0.183. The van der Waals surface area contributed by atoms with Gasteiger partial charge in [0, 0.05) is 37.3 Å². The summed E-state index contributed by atoms with van der Waals surface area (Å²) < 4.78 is 5.37. The first-order valence-corrected chi connectivity index (χ1v) is 7.29. The minimum Gasteiger partial charge on any atom is -0.396 e. The summed E-state index contributed by atoms with van der Waals surface area (Å²) in [6.07, 6.45) is 7.68. The van der Waals surface area contributed by atoms with Gasteiger partial charge >= 0.3 is 0 Å². The molecule has 0 amide bonds. The van der Waals surface area contributed by atoms with Gasteiger partial charge in [0.25, 0.3) is 0 Å². The summed E-state index contributed by atoms with van der Waals surface area (Å²) in [5.74, 6) is 0. The second-order valence-corrected chi connectivity index (χ2v) is 6.12. The van der Waals surface area contributed by atoms with E-state index < -0.39 is 0 Å². The highest BCUT2D eigenvalue weighted by Crippen LogP contribution is 2.36. The lowest BCUT2D eigenvalue weighted by Crippen LogP contribution is -2.56. The SMILES string of the molecule is OCC1(CNC2(CO)CCOCC2)CCCCC1. The smallest absolute Gasteiger partial charge is 0.0615 e. The fourth-order valence-electron chi connectivity index (χ4n) is 3.22. The molecule has 0 radical (unpaired) electrons. The molecular formula is C14H27NO3. The maximum Gasteiger partial charge on any atom is 0.0615 e. The summed E-state index contributed by atoms with van der Waals surface area (Å²) in [4.78, 5) is 0. The van der Waals surface area contributed by atoms with Gasteiger partial charge in [0.05, 0.1) is 6.61 Å². The molecule has 0 aromatic carbocycles. The van der Waals surface area contributed by atoms with Crippen LogP contribution in [0.4, 0.5) is 0 Å². The van der Waals surface area contributed by atoms with Gasteiger partial charge in [-0.2, -0.15) is 0 Å². The molecule has 3 N–H and O–H groups in total. The van der Waals surface area contributed by atoms with Crippen molar-refractivity contribution >= 4 is 0 Å². The number of hydrogen-bond acceptors (Lipinski definition) is 4. The van der Waals surface area contributed by atoms with E-state index in [9.17, 15) is 10.2 Å². The maximum absolute atomic E-state index is 9.70. The predicted octanol–water partition coefficient (Wildman–Crippen LogP) is 1.06. The van der Waals surface area contributed by atoms with Gasteiger partial charge in [0.15, 0.2) is 0 Å². The molecule has 0 aromatic rings.